The molecule has 0 unspecified atom stereocenters. The van der Waals surface area contributed by atoms with Crippen LogP contribution < -0.4 is 5.32 Å². The molecule has 0 aliphatic heterocycles. The van der Waals surface area contributed by atoms with Gasteiger partial charge in [0.2, 0.25) is 11.8 Å². The number of rotatable bonds is 8. The highest BCUT2D eigenvalue weighted by molar-refractivity contribution is 8.00. The number of carbonyl (C=O) groups excluding carboxylic acids is 2. The molecule has 1 atom stereocenters. The second-order valence-corrected chi connectivity index (χ2v) is 8.00. The Morgan fingerprint density at radius 2 is 1.63 bits per heavy atom. The van der Waals surface area contributed by atoms with Gasteiger partial charge in [-0.15, -0.1) is 11.8 Å². The van der Waals surface area contributed by atoms with Gasteiger partial charge in [-0.3, -0.25) is 9.59 Å². The Kier molecular flexibility index (Phi) is 7.92. The lowest BCUT2D eigenvalue weighted by Gasteiger charge is -2.29. The molecule has 0 saturated carbocycles. The van der Waals surface area contributed by atoms with Crippen LogP contribution >= 0.6 is 11.8 Å². The predicted molar refractivity (Wildman–Crippen MR) is 112 cm³/mol. The summed E-state index contributed by atoms with van der Waals surface area (Å²) in [5, 5.41) is 2.91. The quantitative estimate of drug-likeness (QED) is 0.699. The molecule has 0 aromatic heterocycles. The summed E-state index contributed by atoms with van der Waals surface area (Å²) >= 11 is 1.49. The zero-order chi connectivity index (χ0) is 19.8. The second-order valence-electron chi connectivity index (χ2n) is 6.95. The van der Waals surface area contributed by atoms with E-state index in [0.717, 1.165) is 10.5 Å². The fourth-order valence-corrected chi connectivity index (χ4v) is 3.43. The minimum Gasteiger partial charge on any atom is -0.352 e. The second kappa shape index (κ2) is 10.2. The Morgan fingerprint density at radius 3 is 2.22 bits per heavy atom. The SMILES string of the molecule is Cc1ccc(CN(C(=O)CSc2ccccc2)[C@@H](C)C(=O)NC(C)C)cc1. The molecule has 0 aliphatic rings. The number of thioether (sulfide) groups is 1. The number of amides is 2. The van der Waals surface area contributed by atoms with Gasteiger partial charge in [0.15, 0.2) is 0 Å². The van der Waals surface area contributed by atoms with Crippen molar-refractivity contribution in [3.05, 3.63) is 65.7 Å². The van der Waals surface area contributed by atoms with E-state index in [4.69, 9.17) is 0 Å². The molecular weight excluding hydrogens is 356 g/mol. The topological polar surface area (TPSA) is 49.4 Å². The van der Waals surface area contributed by atoms with Gasteiger partial charge >= 0.3 is 0 Å². The molecule has 0 fully saturated rings. The first-order valence-corrected chi connectivity index (χ1v) is 10.2. The standard InChI is InChI=1S/C22H28N2O2S/c1-16(2)23-22(26)18(4)24(14-19-12-10-17(3)11-13-19)21(25)15-27-20-8-6-5-7-9-20/h5-13,16,18H,14-15H2,1-4H3,(H,23,26)/t18-/m0/s1. The predicted octanol–water partition coefficient (Wildman–Crippen LogP) is 4.03. The minimum atomic E-state index is -0.530. The van der Waals surface area contributed by atoms with E-state index < -0.39 is 6.04 Å². The molecule has 2 amide bonds. The number of nitrogens with zero attached hydrogens (tertiary/aromatic N) is 1. The van der Waals surface area contributed by atoms with Crippen LogP contribution in [0.4, 0.5) is 0 Å². The maximum Gasteiger partial charge on any atom is 0.242 e. The van der Waals surface area contributed by atoms with Crippen molar-refractivity contribution >= 4 is 23.6 Å². The van der Waals surface area contributed by atoms with Gasteiger partial charge in [0, 0.05) is 17.5 Å². The Labute approximate surface area is 166 Å². The average Bonchev–Trinajstić information content (AvgIpc) is 2.65. The molecule has 27 heavy (non-hydrogen) atoms. The summed E-state index contributed by atoms with van der Waals surface area (Å²) < 4.78 is 0. The first-order valence-electron chi connectivity index (χ1n) is 9.20. The van der Waals surface area contributed by atoms with Gasteiger partial charge in [0.1, 0.15) is 6.04 Å². The van der Waals surface area contributed by atoms with E-state index in [0.29, 0.717) is 12.3 Å². The molecule has 0 radical (unpaired) electrons. The smallest absolute Gasteiger partial charge is 0.242 e. The molecule has 4 nitrogen and oxygen atoms in total. The fourth-order valence-electron chi connectivity index (χ4n) is 2.62. The van der Waals surface area contributed by atoms with E-state index in [-0.39, 0.29) is 17.9 Å². The van der Waals surface area contributed by atoms with Gasteiger partial charge in [-0.05, 0) is 45.4 Å². The maximum absolute atomic E-state index is 12.9. The van der Waals surface area contributed by atoms with Crippen LogP contribution in [0.3, 0.4) is 0 Å². The highest BCUT2D eigenvalue weighted by Crippen LogP contribution is 2.19. The summed E-state index contributed by atoms with van der Waals surface area (Å²) in [4.78, 5) is 28.2. The van der Waals surface area contributed by atoms with Crippen molar-refractivity contribution < 1.29 is 9.59 Å². The summed E-state index contributed by atoms with van der Waals surface area (Å²) in [6.07, 6.45) is 0. The molecule has 2 rings (SSSR count). The monoisotopic (exact) mass is 384 g/mol. The summed E-state index contributed by atoms with van der Waals surface area (Å²) in [5.41, 5.74) is 2.18. The summed E-state index contributed by atoms with van der Waals surface area (Å²) in [5.74, 6) is 0.126. The van der Waals surface area contributed by atoms with Crippen molar-refractivity contribution in [2.75, 3.05) is 5.75 Å². The number of hydrogen-bond acceptors (Lipinski definition) is 3. The number of hydrogen-bond donors (Lipinski definition) is 1. The third-order valence-electron chi connectivity index (χ3n) is 4.18. The number of aryl methyl sites for hydroxylation is 1. The van der Waals surface area contributed by atoms with E-state index >= 15 is 0 Å². The van der Waals surface area contributed by atoms with Crippen LogP contribution in [0, 0.1) is 6.92 Å². The van der Waals surface area contributed by atoms with Crippen LogP contribution in [-0.2, 0) is 16.1 Å². The van der Waals surface area contributed by atoms with E-state index in [9.17, 15) is 9.59 Å². The summed E-state index contributed by atoms with van der Waals surface area (Å²) in [7, 11) is 0. The van der Waals surface area contributed by atoms with E-state index in [1.54, 1.807) is 11.8 Å². The molecule has 0 saturated heterocycles. The number of benzene rings is 2. The van der Waals surface area contributed by atoms with E-state index in [1.165, 1.54) is 17.3 Å². The molecule has 5 heteroatoms. The molecule has 2 aromatic carbocycles. The first kappa shape index (κ1) is 21.0. The molecule has 1 N–H and O–H groups in total. The lowest BCUT2D eigenvalue weighted by atomic mass is 10.1. The first-order chi connectivity index (χ1) is 12.9. The van der Waals surface area contributed by atoms with Crippen molar-refractivity contribution in [3.8, 4) is 0 Å². The average molecular weight is 385 g/mol. The Balaban J connectivity index is 2.12. The van der Waals surface area contributed by atoms with Gasteiger partial charge in [0.25, 0.3) is 0 Å². The largest absolute Gasteiger partial charge is 0.352 e. The van der Waals surface area contributed by atoms with Crippen molar-refractivity contribution in [1.82, 2.24) is 10.2 Å². The van der Waals surface area contributed by atoms with Gasteiger partial charge < -0.3 is 10.2 Å². The third-order valence-corrected chi connectivity index (χ3v) is 5.17. The molecule has 0 heterocycles. The molecular formula is C22H28N2O2S. The van der Waals surface area contributed by atoms with Crippen molar-refractivity contribution in [1.29, 1.82) is 0 Å². The fraction of sp³-hybridized carbons (Fsp3) is 0.364. The van der Waals surface area contributed by atoms with Crippen LogP contribution in [0.25, 0.3) is 0 Å². The minimum absolute atomic E-state index is 0.0370. The third kappa shape index (κ3) is 6.75. The highest BCUT2D eigenvalue weighted by atomic mass is 32.2. The zero-order valence-corrected chi connectivity index (χ0v) is 17.3. The normalized spacial score (nSPS) is 11.9. The maximum atomic E-state index is 12.9. The Bertz CT molecular complexity index is 745. The molecule has 0 bridgehead atoms. The van der Waals surface area contributed by atoms with Gasteiger partial charge in [-0.1, -0.05) is 48.0 Å². The Hall–Kier alpha value is -2.27. The van der Waals surface area contributed by atoms with Gasteiger partial charge in [-0.25, -0.2) is 0 Å². The van der Waals surface area contributed by atoms with Crippen molar-refractivity contribution in [2.45, 2.75) is 51.2 Å². The summed E-state index contributed by atoms with van der Waals surface area (Å²) in [6.45, 7) is 8.07. The van der Waals surface area contributed by atoms with Gasteiger partial charge in [-0.2, -0.15) is 0 Å². The lowest BCUT2D eigenvalue weighted by molar-refractivity contribution is -0.138. The summed E-state index contributed by atoms with van der Waals surface area (Å²) in [6, 6.07) is 17.4. The van der Waals surface area contributed by atoms with Gasteiger partial charge in [0.05, 0.1) is 5.75 Å². The molecule has 2 aromatic rings. The lowest BCUT2D eigenvalue weighted by Crippen LogP contribution is -2.49. The molecule has 144 valence electrons. The van der Waals surface area contributed by atoms with Crippen LogP contribution in [0.5, 0.6) is 0 Å². The van der Waals surface area contributed by atoms with Crippen LogP contribution in [-0.4, -0.2) is 34.6 Å². The molecule has 0 aliphatic carbocycles. The van der Waals surface area contributed by atoms with E-state index in [1.807, 2.05) is 75.4 Å². The molecule has 0 spiro atoms. The van der Waals surface area contributed by atoms with Crippen LogP contribution in [0.2, 0.25) is 0 Å². The van der Waals surface area contributed by atoms with Crippen molar-refractivity contribution in [3.63, 3.8) is 0 Å². The van der Waals surface area contributed by atoms with Crippen molar-refractivity contribution in [2.24, 2.45) is 0 Å². The Morgan fingerprint density at radius 1 is 1.00 bits per heavy atom. The number of nitrogens with one attached hydrogen (secondary N) is 1. The zero-order valence-electron chi connectivity index (χ0n) is 16.4. The van der Waals surface area contributed by atoms with Crippen LogP contribution in [0.15, 0.2) is 59.5 Å². The number of carbonyl (C=O) groups is 2. The van der Waals surface area contributed by atoms with E-state index in [2.05, 4.69) is 5.32 Å². The highest BCUT2D eigenvalue weighted by Gasteiger charge is 2.26. The van der Waals surface area contributed by atoms with Crippen LogP contribution in [0.1, 0.15) is 31.9 Å².